The Morgan fingerprint density at radius 3 is 2.67 bits per heavy atom. The smallest absolute Gasteiger partial charge is 0.165 e. The van der Waals surface area contributed by atoms with E-state index in [-0.39, 0.29) is 0 Å². The number of nitrogens with one attached hydrogen (secondary N) is 1. The number of hydrogen-bond donors (Lipinski definition) is 1. The maximum Gasteiger partial charge on any atom is 0.165 e. The van der Waals surface area contributed by atoms with Crippen molar-refractivity contribution < 1.29 is 4.74 Å². The fourth-order valence-corrected chi connectivity index (χ4v) is 4.60. The molecule has 6 heteroatoms. The molecule has 2 aliphatic rings. The van der Waals surface area contributed by atoms with Gasteiger partial charge in [-0.15, -0.1) is 0 Å². The fourth-order valence-electron chi connectivity index (χ4n) is 3.65. The van der Waals surface area contributed by atoms with Crippen LogP contribution in [0.25, 0.3) is 0 Å². The average molecular weight is 433 g/mol. The van der Waals surface area contributed by atoms with Gasteiger partial charge in [-0.3, -0.25) is 9.89 Å². The van der Waals surface area contributed by atoms with Gasteiger partial charge in [-0.25, -0.2) is 0 Å². The van der Waals surface area contributed by atoms with Gasteiger partial charge in [-0.05, 0) is 35.7 Å². The molecule has 0 spiro atoms. The van der Waals surface area contributed by atoms with Crippen LogP contribution < -0.4 is 5.32 Å². The van der Waals surface area contributed by atoms with Crippen molar-refractivity contribution in [1.82, 2.24) is 15.1 Å². The van der Waals surface area contributed by atoms with E-state index >= 15 is 0 Å². The highest BCUT2D eigenvalue weighted by molar-refractivity contribution is 8.17. The second-order valence-electron chi connectivity index (χ2n) is 7.74. The van der Waals surface area contributed by atoms with Crippen LogP contribution in [0, 0.1) is 0 Å². The van der Waals surface area contributed by atoms with Crippen LogP contribution in [0.2, 0.25) is 0 Å². The second kappa shape index (κ2) is 13.6. The van der Waals surface area contributed by atoms with Gasteiger partial charge in [0.25, 0.3) is 0 Å². The predicted molar refractivity (Wildman–Crippen MR) is 132 cm³/mol. The fraction of sp³-hybridized carbons (Fsp3) is 0.625. The number of thioether (sulfide) groups is 1. The summed E-state index contributed by atoms with van der Waals surface area (Å²) in [5.41, 5.74) is 2.52. The number of piperazine rings is 1. The molecule has 30 heavy (non-hydrogen) atoms. The van der Waals surface area contributed by atoms with Gasteiger partial charge in [0.2, 0.25) is 0 Å². The first-order chi connectivity index (χ1) is 14.6. The zero-order valence-corrected chi connectivity index (χ0v) is 20.2. The van der Waals surface area contributed by atoms with E-state index in [0.717, 1.165) is 63.8 Å². The van der Waals surface area contributed by atoms with Crippen molar-refractivity contribution in [3.63, 3.8) is 0 Å². The Hall–Kier alpha value is -1.66. The molecule has 0 aromatic carbocycles. The topological polar surface area (TPSA) is 40.1 Å². The van der Waals surface area contributed by atoms with Crippen molar-refractivity contribution in [3.8, 4) is 0 Å². The number of ether oxygens (including phenoxy) is 1. The lowest BCUT2D eigenvalue weighted by Gasteiger charge is -2.36. The van der Waals surface area contributed by atoms with Crippen LogP contribution in [0.15, 0.2) is 51.7 Å². The van der Waals surface area contributed by atoms with E-state index < -0.39 is 0 Å². The molecular weight excluding hydrogens is 392 g/mol. The number of hydrogen-bond acceptors (Lipinski definition) is 5. The summed E-state index contributed by atoms with van der Waals surface area (Å²) in [7, 11) is 3.86. The minimum absolute atomic E-state index is 0.829. The third-order valence-electron chi connectivity index (χ3n) is 5.38. The van der Waals surface area contributed by atoms with E-state index in [0.29, 0.717) is 0 Å². The molecule has 0 unspecified atom stereocenters. The summed E-state index contributed by atoms with van der Waals surface area (Å²) in [5, 5.41) is 5.53. The Morgan fingerprint density at radius 1 is 1.27 bits per heavy atom. The molecule has 2 aliphatic heterocycles. The molecule has 0 atom stereocenters. The SMILES string of the molecule is C=C(/C=C\C1=C(CCCC)OCC1)CN1CCN(/C(=N/C)S/C(=C\CC)NC)CC1. The third-order valence-corrected chi connectivity index (χ3v) is 6.60. The van der Waals surface area contributed by atoms with Gasteiger partial charge >= 0.3 is 0 Å². The van der Waals surface area contributed by atoms with E-state index in [1.165, 1.54) is 34.8 Å². The lowest BCUT2D eigenvalue weighted by molar-refractivity contribution is 0.198. The maximum absolute atomic E-state index is 5.81. The van der Waals surface area contributed by atoms with Crippen molar-refractivity contribution in [2.75, 3.05) is 53.4 Å². The number of unbranched alkanes of at least 4 members (excludes halogenated alkanes) is 1. The van der Waals surface area contributed by atoms with Crippen molar-refractivity contribution >= 4 is 16.9 Å². The number of rotatable bonds is 10. The number of aliphatic imine (C=N–C) groups is 1. The van der Waals surface area contributed by atoms with Crippen molar-refractivity contribution in [1.29, 1.82) is 0 Å². The maximum atomic E-state index is 5.81. The number of amidine groups is 1. The van der Waals surface area contributed by atoms with Crippen LogP contribution in [0.5, 0.6) is 0 Å². The summed E-state index contributed by atoms with van der Waals surface area (Å²) in [4.78, 5) is 9.41. The van der Waals surface area contributed by atoms with Crippen LogP contribution in [0.4, 0.5) is 0 Å². The summed E-state index contributed by atoms with van der Waals surface area (Å²) in [6, 6.07) is 0. The molecule has 5 nitrogen and oxygen atoms in total. The molecule has 168 valence electrons. The molecule has 0 saturated carbocycles. The highest BCUT2D eigenvalue weighted by Gasteiger charge is 2.21. The monoisotopic (exact) mass is 432 g/mol. The van der Waals surface area contributed by atoms with Gasteiger partial charge in [0.05, 0.1) is 17.4 Å². The molecule has 0 aromatic rings. The quantitative estimate of drug-likeness (QED) is 0.306. The summed E-state index contributed by atoms with van der Waals surface area (Å²) in [6.45, 7) is 14.5. The van der Waals surface area contributed by atoms with E-state index in [1.807, 2.05) is 14.1 Å². The van der Waals surface area contributed by atoms with Gasteiger partial charge in [0, 0.05) is 59.7 Å². The third kappa shape index (κ3) is 7.88. The van der Waals surface area contributed by atoms with Crippen molar-refractivity contribution in [2.24, 2.45) is 4.99 Å². The standard InChI is InChI=1S/C24H40N4OS/c1-6-8-10-22-21(13-18-29-22)12-11-20(3)19-27-14-16-28(17-15-27)24(26-5)30-23(25-4)9-7-2/h9,11-12,25H,3,6-8,10,13-19H2,1-2,4-5H3/b12-11-,23-9-,26-24-. The molecule has 1 fully saturated rings. The van der Waals surface area contributed by atoms with Crippen LogP contribution in [0.1, 0.15) is 46.0 Å². The normalized spacial score (nSPS) is 19.0. The first kappa shape index (κ1) is 24.6. The van der Waals surface area contributed by atoms with Gasteiger partial charge in [0.15, 0.2) is 5.17 Å². The average Bonchev–Trinajstić information content (AvgIpc) is 3.21. The van der Waals surface area contributed by atoms with Crippen LogP contribution >= 0.6 is 11.8 Å². The predicted octanol–water partition coefficient (Wildman–Crippen LogP) is 4.77. The Morgan fingerprint density at radius 2 is 2.03 bits per heavy atom. The van der Waals surface area contributed by atoms with Gasteiger partial charge in [0.1, 0.15) is 0 Å². The number of allylic oxidation sites excluding steroid dienone is 3. The Bertz CT molecular complexity index is 673. The molecule has 0 aliphatic carbocycles. The molecule has 0 radical (unpaired) electrons. The van der Waals surface area contributed by atoms with Crippen LogP contribution in [0.3, 0.4) is 0 Å². The van der Waals surface area contributed by atoms with Crippen molar-refractivity contribution in [2.45, 2.75) is 46.0 Å². The van der Waals surface area contributed by atoms with Crippen LogP contribution in [-0.4, -0.2) is 68.4 Å². The molecule has 1 saturated heterocycles. The highest BCUT2D eigenvalue weighted by Crippen LogP contribution is 2.25. The Kier molecular flexibility index (Phi) is 11.2. The van der Waals surface area contributed by atoms with Crippen LogP contribution in [-0.2, 0) is 4.74 Å². The summed E-state index contributed by atoms with van der Waals surface area (Å²) in [6.07, 6.45) is 12.1. The van der Waals surface area contributed by atoms with E-state index in [2.05, 4.69) is 58.8 Å². The van der Waals surface area contributed by atoms with E-state index in [4.69, 9.17) is 4.74 Å². The van der Waals surface area contributed by atoms with Crippen molar-refractivity contribution in [3.05, 3.63) is 46.7 Å². The minimum atomic E-state index is 0.829. The first-order valence-electron chi connectivity index (χ1n) is 11.3. The summed E-state index contributed by atoms with van der Waals surface area (Å²) in [5.74, 6) is 1.19. The zero-order chi connectivity index (χ0) is 21.8. The summed E-state index contributed by atoms with van der Waals surface area (Å²) < 4.78 is 5.81. The minimum Gasteiger partial charge on any atom is -0.497 e. The highest BCUT2D eigenvalue weighted by atomic mass is 32.2. The zero-order valence-electron chi connectivity index (χ0n) is 19.4. The number of nitrogens with zero attached hydrogens (tertiary/aromatic N) is 3. The molecule has 1 N–H and O–H groups in total. The Labute approximate surface area is 188 Å². The molecule has 0 bridgehead atoms. The van der Waals surface area contributed by atoms with E-state index in [9.17, 15) is 0 Å². The molecule has 0 aromatic heterocycles. The second-order valence-corrected chi connectivity index (χ2v) is 8.75. The first-order valence-corrected chi connectivity index (χ1v) is 12.1. The van der Waals surface area contributed by atoms with Gasteiger partial charge in [-0.2, -0.15) is 0 Å². The largest absolute Gasteiger partial charge is 0.497 e. The van der Waals surface area contributed by atoms with Gasteiger partial charge < -0.3 is 15.0 Å². The molecule has 0 amide bonds. The van der Waals surface area contributed by atoms with E-state index in [1.54, 1.807) is 11.8 Å². The summed E-state index contributed by atoms with van der Waals surface area (Å²) >= 11 is 1.73. The molecular formula is C24H40N4OS. The molecule has 2 rings (SSSR count). The Balaban J connectivity index is 1.81. The lowest BCUT2D eigenvalue weighted by atomic mass is 10.1. The molecule has 2 heterocycles. The van der Waals surface area contributed by atoms with Gasteiger partial charge in [-0.1, -0.05) is 45.1 Å². The lowest BCUT2D eigenvalue weighted by Crippen LogP contribution is -2.48.